The lowest BCUT2D eigenvalue weighted by Gasteiger charge is -2.33. The standard InChI is InChI=1S/C28H38F3NO4/c1-4-13-27(14-5-2,26(33)34)15-12-20-8-6-11-23(16-20)35-18-24-19(3)36-25(32-24)21-9-7-10-22(17-21)28(29,30)31/h7,9-10,17,20,23H,4-6,8,11-16,18H2,1-3H3,(H,33,34)/t20-,23-/m1/s1. The van der Waals surface area contributed by atoms with Gasteiger partial charge in [0, 0.05) is 5.56 Å². The average Bonchev–Trinajstić information content (AvgIpc) is 3.21. The summed E-state index contributed by atoms with van der Waals surface area (Å²) in [6.45, 7) is 6.06. The van der Waals surface area contributed by atoms with E-state index in [1.165, 1.54) is 6.07 Å². The maximum Gasteiger partial charge on any atom is 0.416 e. The molecule has 0 radical (unpaired) electrons. The van der Waals surface area contributed by atoms with E-state index < -0.39 is 23.1 Å². The summed E-state index contributed by atoms with van der Waals surface area (Å²) in [6, 6.07) is 4.95. The summed E-state index contributed by atoms with van der Waals surface area (Å²) in [5.74, 6) is 0.430. The highest BCUT2D eigenvalue weighted by Gasteiger charge is 2.37. The first kappa shape index (κ1) is 28.2. The van der Waals surface area contributed by atoms with Gasteiger partial charge in [-0.2, -0.15) is 13.2 Å². The van der Waals surface area contributed by atoms with Gasteiger partial charge in [-0.05, 0) is 69.6 Å². The van der Waals surface area contributed by atoms with Gasteiger partial charge in [-0.1, -0.05) is 45.6 Å². The van der Waals surface area contributed by atoms with Crippen LogP contribution in [-0.4, -0.2) is 22.2 Å². The van der Waals surface area contributed by atoms with Gasteiger partial charge in [0.25, 0.3) is 0 Å². The van der Waals surface area contributed by atoms with Crippen molar-refractivity contribution in [3.8, 4) is 11.5 Å². The molecule has 0 spiro atoms. The number of hydrogen-bond acceptors (Lipinski definition) is 4. The number of carboxylic acids is 1. The Kier molecular flexibility index (Phi) is 9.61. The molecule has 0 saturated heterocycles. The number of benzene rings is 1. The van der Waals surface area contributed by atoms with Crippen LogP contribution >= 0.6 is 0 Å². The quantitative estimate of drug-likeness (QED) is 0.312. The highest BCUT2D eigenvalue weighted by Crippen LogP contribution is 2.40. The van der Waals surface area contributed by atoms with Gasteiger partial charge >= 0.3 is 12.1 Å². The van der Waals surface area contributed by atoms with E-state index in [-0.39, 0.29) is 24.2 Å². The zero-order valence-corrected chi connectivity index (χ0v) is 21.5. The first-order valence-corrected chi connectivity index (χ1v) is 13.1. The van der Waals surface area contributed by atoms with Gasteiger partial charge in [0.15, 0.2) is 0 Å². The number of carbonyl (C=O) groups is 1. The van der Waals surface area contributed by atoms with Gasteiger partial charge in [-0.3, -0.25) is 4.79 Å². The number of alkyl halides is 3. The van der Waals surface area contributed by atoms with E-state index in [0.717, 1.165) is 57.1 Å². The molecule has 1 aliphatic carbocycles. The number of hydrogen-bond donors (Lipinski definition) is 1. The van der Waals surface area contributed by atoms with E-state index in [1.54, 1.807) is 13.0 Å². The fraction of sp³-hybridized carbons (Fsp3) is 0.643. The van der Waals surface area contributed by atoms with Crippen LogP contribution in [0.1, 0.15) is 95.1 Å². The molecule has 200 valence electrons. The van der Waals surface area contributed by atoms with Crippen LogP contribution in [0.2, 0.25) is 0 Å². The van der Waals surface area contributed by atoms with Crippen molar-refractivity contribution in [2.75, 3.05) is 0 Å². The molecule has 2 atom stereocenters. The third-order valence-electron chi connectivity index (χ3n) is 7.46. The van der Waals surface area contributed by atoms with E-state index in [2.05, 4.69) is 4.98 Å². The first-order valence-electron chi connectivity index (χ1n) is 13.1. The average molecular weight is 510 g/mol. The summed E-state index contributed by atoms with van der Waals surface area (Å²) >= 11 is 0. The summed E-state index contributed by atoms with van der Waals surface area (Å²) in [5, 5.41) is 9.95. The van der Waals surface area contributed by atoms with Crippen LogP contribution in [0.15, 0.2) is 28.7 Å². The molecule has 1 aromatic carbocycles. The number of aryl methyl sites for hydroxylation is 1. The van der Waals surface area contributed by atoms with Gasteiger partial charge in [0.05, 0.1) is 23.7 Å². The van der Waals surface area contributed by atoms with Crippen LogP contribution in [-0.2, 0) is 22.3 Å². The molecule has 1 heterocycles. The minimum absolute atomic E-state index is 0.0495. The Bertz CT molecular complexity index is 995. The number of nitrogens with zero attached hydrogens (tertiary/aromatic N) is 1. The highest BCUT2D eigenvalue weighted by molar-refractivity contribution is 5.74. The molecule has 1 fully saturated rings. The Labute approximate surface area is 211 Å². The second-order valence-corrected chi connectivity index (χ2v) is 10.2. The third kappa shape index (κ3) is 7.11. The van der Waals surface area contributed by atoms with Crippen LogP contribution in [0.25, 0.3) is 11.5 Å². The van der Waals surface area contributed by atoms with E-state index in [4.69, 9.17) is 9.15 Å². The SMILES string of the molecule is CCCC(CCC)(CC[C@H]1CCC[C@@H](OCc2nc(-c3cccc(C(F)(F)F)c3)oc2C)C1)C(=O)O. The molecule has 2 aromatic rings. The number of halogens is 3. The van der Waals surface area contributed by atoms with Gasteiger partial charge in [-0.15, -0.1) is 0 Å². The molecule has 3 rings (SSSR count). The van der Waals surface area contributed by atoms with Crippen molar-refractivity contribution in [1.29, 1.82) is 0 Å². The van der Waals surface area contributed by atoms with Crippen LogP contribution < -0.4 is 0 Å². The number of oxazole rings is 1. The molecule has 1 N–H and O–H groups in total. The van der Waals surface area contributed by atoms with E-state index >= 15 is 0 Å². The Balaban J connectivity index is 1.59. The molecule has 5 nitrogen and oxygen atoms in total. The number of ether oxygens (including phenoxy) is 1. The summed E-state index contributed by atoms with van der Waals surface area (Å²) in [7, 11) is 0. The smallest absolute Gasteiger partial charge is 0.416 e. The molecule has 0 amide bonds. The monoisotopic (exact) mass is 509 g/mol. The lowest BCUT2D eigenvalue weighted by Crippen LogP contribution is -2.32. The van der Waals surface area contributed by atoms with Crippen molar-refractivity contribution >= 4 is 5.97 Å². The van der Waals surface area contributed by atoms with Crippen molar-refractivity contribution < 1.29 is 32.2 Å². The minimum atomic E-state index is -4.43. The molecular formula is C28H38F3NO4. The van der Waals surface area contributed by atoms with E-state index in [0.29, 0.717) is 36.6 Å². The van der Waals surface area contributed by atoms with Crippen molar-refractivity contribution in [2.24, 2.45) is 11.3 Å². The lowest BCUT2D eigenvalue weighted by atomic mass is 9.72. The molecular weight excluding hydrogens is 471 g/mol. The summed E-state index contributed by atoms with van der Waals surface area (Å²) in [6.07, 6.45) is 4.27. The van der Waals surface area contributed by atoms with Crippen LogP contribution in [0.5, 0.6) is 0 Å². The zero-order chi connectivity index (χ0) is 26.3. The molecule has 1 aromatic heterocycles. The fourth-order valence-electron chi connectivity index (χ4n) is 5.50. The van der Waals surface area contributed by atoms with E-state index in [9.17, 15) is 23.1 Å². The molecule has 1 saturated carbocycles. The Morgan fingerprint density at radius 2 is 1.89 bits per heavy atom. The van der Waals surface area contributed by atoms with Gasteiger partial charge in [0.1, 0.15) is 11.5 Å². The largest absolute Gasteiger partial charge is 0.481 e. The highest BCUT2D eigenvalue weighted by atomic mass is 19.4. The maximum absolute atomic E-state index is 13.1. The van der Waals surface area contributed by atoms with Gasteiger partial charge in [-0.25, -0.2) is 4.98 Å². The number of aliphatic carboxylic acids is 1. The second-order valence-electron chi connectivity index (χ2n) is 10.2. The van der Waals surface area contributed by atoms with Crippen molar-refractivity contribution in [2.45, 2.75) is 104 Å². The number of carboxylic acid groups (broad SMARTS) is 1. The zero-order valence-electron chi connectivity index (χ0n) is 21.5. The van der Waals surface area contributed by atoms with E-state index in [1.807, 2.05) is 13.8 Å². The van der Waals surface area contributed by atoms with Crippen LogP contribution in [0.4, 0.5) is 13.2 Å². The number of aromatic nitrogens is 1. The normalized spacial score (nSPS) is 18.9. The summed E-state index contributed by atoms with van der Waals surface area (Å²) in [5.41, 5.74) is -0.514. The lowest BCUT2D eigenvalue weighted by molar-refractivity contribution is -0.151. The van der Waals surface area contributed by atoms with Crippen molar-refractivity contribution in [3.05, 3.63) is 41.3 Å². The molecule has 1 aliphatic rings. The van der Waals surface area contributed by atoms with Crippen LogP contribution in [0.3, 0.4) is 0 Å². The number of rotatable bonds is 12. The second kappa shape index (κ2) is 12.3. The Morgan fingerprint density at radius 3 is 2.53 bits per heavy atom. The van der Waals surface area contributed by atoms with Crippen molar-refractivity contribution in [3.63, 3.8) is 0 Å². The Hall–Kier alpha value is -2.35. The maximum atomic E-state index is 13.1. The third-order valence-corrected chi connectivity index (χ3v) is 7.46. The topological polar surface area (TPSA) is 72.6 Å². The van der Waals surface area contributed by atoms with Gasteiger partial charge < -0.3 is 14.3 Å². The molecule has 0 bridgehead atoms. The molecule has 8 heteroatoms. The summed E-state index contributed by atoms with van der Waals surface area (Å²) < 4.78 is 51.0. The van der Waals surface area contributed by atoms with Crippen molar-refractivity contribution in [1.82, 2.24) is 4.98 Å². The summed E-state index contributed by atoms with van der Waals surface area (Å²) in [4.78, 5) is 16.5. The minimum Gasteiger partial charge on any atom is -0.481 e. The molecule has 36 heavy (non-hydrogen) atoms. The molecule has 0 aliphatic heterocycles. The predicted octanol–water partition coefficient (Wildman–Crippen LogP) is 8.20. The Morgan fingerprint density at radius 1 is 1.17 bits per heavy atom. The molecule has 0 unspecified atom stereocenters. The van der Waals surface area contributed by atoms with Gasteiger partial charge in [0.2, 0.25) is 5.89 Å². The predicted molar refractivity (Wildman–Crippen MR) is 131 cm³/mol. The first-order chi connectivity index (χ1) is 17.1. The fourth-order valence-corrected chi connectivity index (χ4v) is 5.50. The van der Waals surface area contributed by atoms with Crippen LogP contribution in [0, 0.1) is 18.3 Å².